The number of rotatable bonds is 1. The van der Waals surface area contributed by atoms with Crippen molar-refractivity contribution in [2.24, 2.45) is 10.9 Å². The van der Waals surface area contributed by atoms with Crippen LogP contribution < -0.4 is 0 Å². The van der Waals surface area contributed by atoms with Crippen molar-refractivity contribution < 1.29 is 14.3 Å². The van der Waals surface area contributed by atoms with Gasteiger partial charge in [0.15, 0.2) is 0 Å². The number of hydrogen-bond donors (Lipinski definition) is 0. The van der Waals surface area contributed by atoms with Gasteiger partial charge < -0.3 is 9.64 Å². The molecule has 0 aliphatic carbocycles. The maximum Gasteiger partial charge on any atom is 0.410 e. The summed E-state index contributed by atoms with van der Waals surface area (Å²) >= 11 is 0. The molecular weight excluding hydrogens is 220 g/mol. The van der Waals surface area contributed by atoms with E-state index in [4.69, 9.17) is 4.74 Å². The second kappa shape index (κ2) is 5.32. The van der Waals surface area contributed by atoms with Gasteiger partial charge in [-0.3, -0.25) is 0 Å². The molecule has 1 saturated heterocycles. The first-order chi connectivity index (χ1) is 7.83. The maximum absolute atomic E-state index is 11.8. The molecule has 17 heavy (non-hydrogen) atoms. The Labute approximate surface area is 102 Å². The van der Waals surface area contributed by atoms with Gasteiger partial charge in [-0.15, -0.1) is 0 Å². The van der Waals surface area contributed by atoms with E-state index in [-0.39, 0.29) is 18.1 Å². The molecule has 2 unspecified atom stereocenters. The number of carbonyl (C=O) groups is 1. The minimum absolute atomic E-state index is 0.0220. The normalized spacial score (nSPS) is 25.1. The van der Waals surface area contributed by atoms with Crippen molar-refractivity contribution in [1.29, 1.82) is 0 Å². The van der Waals surface area contributed by atoms with Gasteiger partial charge in [-0.05, 0) is 33.1 Å². The highest BCUT2D eigenvalue weighted by atomic mass is 16.6. The van der Waals surface area contributed by atoms with Crippen LogP contribution in [0.5, 0.6) is 0 Å². The summed E-state index contributed by atoms with van der Waals surface area (Å²) in [6, 6.07) is -0.0220. The van der Waals surface area contributed by atoms with E-state index in [1.165, 1.54) is 0 Å². The lowest BCUT2D eigenvalue weighted by molar-refractivity contribution is 0.0159. The first kappa shape index (κ1) is 13.7. The summed E-state index contributed by atoms with van der Waals surface area (Å²) in [7, 11) is 0. The summed E-state index contributed by atoms with van der Waals surface area (Å²) in [6.45, 7) is 8.66. The third-order valence-corrected chi connectivity index (χ3v) is 2.73. The molecular formula is C12H20N2O3. The molecule has 0 N–H and O–H groups in total. The second-order valence-electron chi connectivity index (χ2n) is 5.48. The van der Waals surface area contributed by atoms with E-state index in [0.717, 1.165) is 0 Å². The Morgan fingerprint density at radius 2 is 2.12 bits per heavy atom. The Bertz CT molecular complexity index is 329. The third-order valence-electron chi connectivity index (χ3n) is 2.73. The van der Waals surface area contributed by atoms with E-state index in [0.29, 0.717) is 19.5 Å². The number of isocyanates is 1. The number of ether oxygens (including phenoxy) is 1. The number of aliphatic imine (C=N–C) groups is 1. The van der Waals surface area contributed by atoms with E-state index >= 15 is 0 Å². The van der Waals surface area contributed by atoms with Crippen LogP contribution in [-0.2, 0) is 9.53 Å². The number of likely N-dealkylation sites (tertiary alicyclic amines) is 1. The molecule has 96 valence electrons. The monoisotopic (exact) mass is 240 g/mol. The molecule has 0 saturated carbocycles. The van der Waals surface area contributed by atoms with Crippen LogP contribution in [0.15, 0.2) is 4.99 Å². The number of nitrogens with zero attached hydrogens (tertiary/aromatic N) is 2. The summed E-state index contributed by atoms with van der Waals surface area (Å²) in [4.78, 5) is 27.5. The van der Waals surface area contributed by atoms with Gasteiger partial charge in [0.1, 0.15) is 5.60 Å². The van der Waals surface area contributed by atoms with Crippen molar-refractivity contribution in [3.63, 3.8) is 0 Å². The zero-order valence-electron chi connectivity index (χ0n) is 10.9. The zero-order chi connectivity index (χ0) is 13.1. The predicted octanol–water partition coefficient (Wildman–Crippen LogP) is 1.97. The van der Waals surface area contributed by atoms with Crippen LogP contribution in [0.4, 0.5) is 4.79 Å². The average molecular weight is 240 g/mol. The predicted molar refractivity (Wildman–Crippen MR) is 63.5 cm³/mol. The van der Waals surface area contributed by atoms with E-state index in [1.54, 1.807) is 11.0 Å². The fourth-order valence-corrected chi connectivity index (χ4v) is 1.89. The lowest BCUT2D eigenvalue weighted by Crippen LogP contribution is -2.46. The quantitative estimate of drug-likeness (QED) is 0.520. The molecule has 1 aliphatic heterocycles. The van der Waals surface area contributed by atoms with E-state index in [2.05, 4.69) is 4.99 Å². The van der Waals surface area contributed by atoms with Gasteiger partial charge in [0.2, 0.25) is 6.08 Å². The average Bonchev–Trinajstić information content (AvgIpc) is 2.18. The Kier molecular flexibility index (Phi) is 4.29. The van der Waals surface area contributed by atoms with Crippen LogP contribution in [0.2, 0.25) is 0 Å². The summed E-state index contributed by atoms with van der Waals surface area (Å²) in [5.74, 6) is 0.165. The first-order valence-corrected chi connectivity index (χ1v) is 5.88. The smallest absolute Gasteiger partial charge is 0.410 e. The lowest BCUT2D eigenvalue weighted by Gasteiger charge is -2.35. The molecule has 1 heterocycles. The molecule has 0 aromatic heterocycles. The topological polar surface area (TPSA) is 59.0 Å². The van der Waals surface area contributed by atoms with Crippen molar-refractivity contribution in [2.75, 3.05) is 13.1 Å². The fourth-order valence-electron chi connectivity index (χ4n) is 1.89. The van der Waals surface area contributed by atoms with E-state index in [9.17, 15) is 9.59 Å². The number of amides is 1. The Morgan fingerprint density at radius 3 is 2.59 bits per heavy atom. The standard InChI is InChI=1S/C12H20N2O3/c1-9-7-14(6-5-10(9)13-8-15)11(16)17-12(2,3)4/h9-10H,5-7H2,1-4H3. The molecule has 5 nitrogen and oxygen atoms in total. The van der Waals surface area contributed by atoms with Gasteiger partial charge >= 0.3 is 6.09 Å². The van der Waals surface area contributed by atoms with E-state index in [1.807, 2.05) is 27.7 Å². The van der Waals surface area contributed by atoms with Crippen LogP contribution in [0.3, 0.4) is 0 Å². The Hall–Kier alpha value is -1.35. The highest BCUT2D eigenvalue weighted by molar-refractivity contribution is 5.68. The summed E-state index contributed by atoms with van der Waals surface area (Å²) in [5.41, 5.74) is -0.474. The van der Waals surface area contributed by atoms with Crippen molar-refractivity contribution in [3.8, 4) is 0 Å². The number of carbonyl (C=O) groups excluding carboxylic acids is 2. The number of piperidine rings is 1. The van der Waals surface area contributed by atoms with Gasteiger partial charge in [-0.2, -0.15) is 0 Å². The van der Waals surface area contributed by atoms with Crippen LogP contribution in [0, 0.1) is 5.92 Å². The highest BCUT2D eigenvalue weighted by Crippen LogP contribution is 2.21. The van der Waals surface area contributed by atoms with Gasteiger partial charge in [0.25, 0.3) is 0 Å². The Balaban J connectivity index is 2.55. The molecule has 1 amide bonds. The molecule has 1 aliphatic rings. The molecule has 5 heteroatoms. The Morgan fingerprint density at radius 1 is 1.47 bits per heavy atom. The molecule has 0 aromatic carbocycles. The molecule has 2 atom stereocenters. The molecule has 0 bridgehead atoms. The fraction of sp³-hybridized carbons (Fsp3) is 0.833. The van der Waals surface area contributed by atoms with Crippen LogP contribution in [-0.4, -0.2) is 41.8 Å². The molecule has 1 rings (SSSR count). The minimum atomic E-state index is -0.474. The van der Waals surface area contributed by atoms with Crippen molar-refractivity contribution in [1.82, 2.24) is 4.90 Å². The van der Waals surface area contributed by atoms with Gasteiger partial charge in [-0.1, -0.05) is 6.92 Å². The van der Waals surface area contributed by atoms with Crippen LogP contribution in [0.1, 0.15) is 34.1 Å². The minimum Gasteiger partial charge on any atom is -0.444 e. The van der Waals surface area contributed by atoms with Crippen LogP contribution in [0.25, 0.3) is 0 Å². The summed E-state index contributed by atoms with van der Waals surface area (Å²) in [6.07, 6.45) is 1.99. The number of hydrogen-bond acceptors (Lipinski definition) is 4. The van der Waals surface area contributed by atoms with Crippen LogP contribution >= 0.6 is 0 Å². The summed E-state index contributed by atoms with van der Waals surface area (Å²) in [5, 5.41) is 0. The second-order valence-corrected chi connectivity index (χ2v) is 5.48. The van der Waals surface area contributed by atoms with Crippen molar-refractivity contribution >= 4 is 12.2 Å². The molecule has 0 aromatic rings. The van der Waals surface area contributed by atoms with Gasteiger partial charge in [0, 0.05) is 13.1 Å². The van der Waals surface area contributed by atoms with Gasteiger partial charge in [0.05, 0.1) is 6.04 Å². The van der Waals surface area contributed by atoms with Crippen molar-refractivity contribution in [2.45, 2.75) is 45.8 Å². The maximum atomic E-state index is 11.8. The molecule has 0 radical (unpaired) electrons. The van der Waals surface area contributed by atoms with E-state index < -0.39 is 5.60 Å². The van der Waals surface area contributed by atoms with Gasteiger partial charge in [-0.25, -0.2) is 14.6 Å². The zero-order valence-corrected chi connectivity index (χ0v) is 10.9. The SMILES string of the molecule is CC1CN(C(=O)OC(C)(C)C)CCC1N=C=O. The lowest BCUT2D eigenvalue weighted by atomic mass is 9.95. The third kappa shape index (κ3) is 4.19. The molecule has 1 fully saturated rings. The summed E-state index contributed by atoms with van der Waals surface area (Å²) < 4.78 is 5.30. The highest BCUT2D eigenvalue weighted by Gasteiger charge is 2.30. The molecule has 0 spiro atoms. The largest absolute Gasteiger partial charge is 0.444 e. The first-order valence-electron chi connectivity index (χ1n) is 5.88. The van der Waals surface area contributed by atoms with Crippen molar-refractivity contribution in [3.05, 3.63) is 0 Å².